The van der Waals surface area contributed by atoms with Gasteiger partial charge < -0.3 is 9.16 Å². The summed E-state index contributed by atoms with van der Waals surface area (Å²) >= 11 is 0. The van der Waals surface area contributed by atoms with Crippen LogP contribution in [0.2, 0.25) is 19.6 Å². The number of hydrogen-bond acceptors (Lipinski definition) is 2. The van der Waals surface area contributed by atoms with Gasteiger partial charge in [0.05, 0.1) is 11.9 Å². The Kier molecular flexibility index (Phi) is 5.33. The lowest BCUT2D eigenvalue weighted by Crippen LogP contribution is -2.25. The summed E-state index contributed by atoms with van der Waals surface area (Å²) in [7, 11) is -1.54. The van der Waals surface area contributed by atoms with Gasteiger partial charge in [-0.3, -0.25) is 0 Å². The molecule has 16 heavy (non-hydrogen) atoms. The first-order valence-electron chi connectivity index (χ1n) is 5.75. The molecule has 0 aliphatic heterocycles. The van der Waals surface area contributed by atoms with E-state index in [0.29, 0.717) is 0 Å². The molecule has 0 spiro atoms. The fourth-order valence-corrected chi connectivity index (χ4v) is 1.96. The first-order chi connectivity index (χ1) is 7.05. The lowest BCUT2D eigenvalue weighted by atomic mass is 10.2. The third-order valence-electron chi connectivity index (χ3n) is 1.66. The van der Waals surface area contributed by atoms with Gasteiger partial charge in [0.2, 0.25) is 8.32 Å². The standard InChI is InChI=1S/C13H26O2Si/c1-9-12(15-16(6,7)8)11(2)10-14-13(3,4)5/h9-10H,1-8H3/b11-10+,12-9+. The van der Waals surface area contributed by atoms with Gasteiger partial charge in [0.1, 0.15) is 5.76 Å². The molecule has 0 aromatic rings. The summed E-state index contributed by atoms with van der Waals surface area (Å²) in [6.07, 6.45) is 3.78. The topological polar surface area (TPSA) is 18.5 Å². The van der Waals surface area contributed by atoms with Crippen molar-refractivity contribution >= 4 is 8.32 Å². The Hall–Kier alpha value is -0.703. The summed E-state index contributed by atoms with van der Waals surface area (Å²) in [6.45, 7) is 16.6. The SMILES string of the molecule is C/C=C(O[Si](C)(C)C)\C(C)=C\OC(C)(C)C. The molecule has 0 aliphatic rings. The molecule has 2 nitrogen and oxygen atoms in total. The third-order valence-corrected chi connectivity index (χ3v) is 2.49. The quantitative estimate of drug-likeness (QED) is 0.411. The second-order valence-corrected chi connectivity index (χ2v) is 10.3. The molecule has 0 atom stereocenters. The average Bonchev–Trinajstić information content (AvgIpc) is 2.07. The van der Waals surface area contributed by atoms with E-state index in [-0.39, 0.29) is 5.60 Å². The molecule has 0 aromatic carbocycles. The lowest BCUT2D eigenvalue weighted by Gasteiger charge is -2.23. The Morgan fingerprint density at radius 3 is 1.94 bits per heavy atom. The predicted molar refractivity (Wildman–Crippen MR) is 72.8 cm³/mol. The van der Waals surface area contributed by atoms with E-state index >= 15 is 0 Å². The summed E-state index contributed by atoms with van der Waals surface area (Å²) in [6, 6.07) is 0. The summed E-state index contributed by atoms with van der Waals surface area (Å²) in [5, 5.41) is 0. The maximum absolute atomic E-state index is 5.97. The van der Waals surface area contributed by atoms with E-state index in [1.807, 2.05) is 40.7 Å². The van der Waals surface area contributed by atoms with E-state index in [2.05, 4.69) is 19.6 Å². The van der Waals surface area contributed by atoms with Crippen LogP contribution in [0, 0.1) is 0 Å². The van der Waals surface area contributed by atoms with Crippen molar-refractivity contribution in [1.82, 2.24) is 0 Å². The summed E-state index contributed by atoms with van der Waals surface area (Å²) in [5.41, 5.74) is 0.888. The maximum Gasteiger partial charge on any atom is 0.242 e. The Morgan fingerprint density at radius 1 is 1.12 bits per heavy atom. The molecular formula is C13H26O2Si. The number of hydrogen-bond donors (Lipinski definition) is 0. The zero-order valence-corrected chi connectivity index (χ0v) is 13.0. The zero-order valence-electron chi connectivity index (χ0n) is 12.0. The molecule has 0 amide bonds. The van der Waals surface area contributed by atoms with E-state index in [1.165, 1.54) is 0 Å². The minimum atomic E-state index is -1.54. The van der Waals surface area contributed by atoms with Crippen LogP contribution >= 0.6 is 0 Å². The molecule has 0 aromatic heterocycles. The van der Waals surface area contributed by atoms with E-state index in [9.17, 15) is 0 Å². The van der Waals surface area contributed by atoms with E-state index < -0.39 is 8.32 Å². The highest BCUT2D eigenvalue weighted by molar-refractivity contribution is 6.70. The fourth-order valence-electron chi connectivity index (χ4n) is 1.02. The van der Waals surface area contributed by atoms with Crippen molar-refractivity contribution in [2.24, 2.45) is 0 Å². The Balaban J connectivity index is 4.62. The summed E-state index contributed by atoms with van der Waals surface area (Å²) in [4.78, 5) is 0. The summed E-state index contributed by atoms with van der Waals surface area (Å²) in [5.74, 6) is 0.934. The molecule has 0 bridgehead atoms. The van der Waals surface area contributed by atoms with Crippen molar-refractivity contribution in [3.05, 3.63) is 23.7 Å². The molecule has 0 fully saturated rings. The van der Waals surface area contributed by atoms with Gasteiger partial charge in [0.15, 0.2) is 0 Å². The number of rotatable bonds is 4. The molecule has 0 unspecified atom stereocenters. The molecule has 0 rings (SSSR count). The van der Waals surface area contributed by atoms with Crippen molar-refractivity contribution in [1.29, 1.82) is 0 Å². The first kappa shape index (κ1) is 15.3. The second kappa shape index (κ2) is 5.57. The largest absolute Gasteiger partial charge is 0.544 e. The minimum absolute atomic E-state index is 0.153. The molecule has 0 saturated heterocycles. The van der Waals surface area contributed by atoms with Crippen LogP contribution in [0.4, 0.5) is 0 Å². The van der Waals surface area contributed by atoms with Crippen LogP contribution in [-0.2, 0) is 9.16 Å². The normalized spacial score (nSPS) is 15.0. The monoisotopic (exact) mass is 242 g/mol. The van der Waals surface area contributed by atoms with Gasteiger partial charge in [-0.15, -0.1) is 0 Å². The van der Waals surface area contributed by atoms with Gasteiger partial charge in [0.25, 0.3) is 0 Å². The van der Waals surface area contributed by atoms with Gasteiger partial charge in [0, 0.05) is 5.57 Å². The second-order valence-electron chi connectivity index (χ2n) is 5.90. The van der Waals surface area contributed by atoms with Crippen molar-refractivity contribution < 1.29 is 9.16 Å². The molecule has 3 heteroatoms. The van der Waals surface area contributed by atoms with Crippen molar-refractivity contribution in [2.75, 3.05) is 0 Å². The van der Waals surface area contributed by atoms with Crippen LogP contribution in [0.15, 0.2) is 23.7 Å². The molecule has 0 saturated carbocycles. The zero-order chi connectivity index (χ0) is 13.0. The summed E-state index contributed by atoms with van der Waals surface area (Å²) < 4.78 is 11.6. The minimum Gasteiger partial charge on any atom is -0.544 e. The van der Waals surface area contributed by atoms with Crippen LogP contribution < -0.4 is 0 Å². The number of ether oxygens (including phenoxy) is 1. The van der Waals surface area contributed by atoms with Crippen molar-refractivity contribution in [3.8, 4) is 0 Å². The van der Waals surface area contributed by atoms with Crippen LogP contribution in [0.1, 0.15) is 34.6 Å². The van der Waals surface area contributed by atoms with Crippen LogP contribution in [0.25, 0.3) is 0 Å². The molecule has 0 aliphatic carbocycles. The molecule has 0 N–H and O–H groups in total. The Labute approximate surface area is 101 Å². The third kappa shape index (κ3) is 7.57. The smallest absolute Gasteiger partial charge is 0.242 e. The van der Waals surface area contributed by atoms with Crippen LogP contribution in [0.5, 0.6) is 0 Å². The van der Waals surface area contributed by atoms with Crippen LogP contribution in [0.3, 0.4) is 0 Å². The Bertz CT molecular complexity index is 277. The molecule has 94 valence electrons. The maximum atomic E-state index is 5.97. The van der Waals surface area contributed by atoms with E-state index in [4.69, 9.17) is 9.16 Å². The first-order valence-corrected chi connectivity index (χ1v) is 9.16. The highest BCUT2D eigenvalue weighted by Crippen LogP contribution is 2.19. The van der Waals surface area contributed by atoms with Gasteiger partial charge in [-0.2, -0.15) is 0 Å². The number of allylic oxidation sites excluding steroid dienone is 2. The molecule has 0 heterocycles. The lowest BCUT2D eigenvalue weighted by molar-refractivity contribution is 0.0748. The highest BCUT2D eigenvalue weighted by atomic mass is 28.4. The fraction of sp³-hybridized carbons (Fsp3) is 0.692. The highest BCUT2D eigenvalue weighted by Gasteiger charge is 2.18. The molecule has 0 radical (unpaired) electrons. The average molecular weight is 242 g/mol. The van der Waals surface area contributed by atoms with Crippen LogP contribution in [-0.4, -0.2) is 13.9 Å². The Morgan fingerprint density at radius 2 is 1.62 bits per heavy atom. The van der Waals surface area contributed by atoms with E-state index in [1.54, 1.807) is 6.26 Å². The predicted octanol–water partition coefficient (Wildman–Crippen LogP) is 4.46. The molecular weight excluding hydrogens is 216 g/mol. The van der Waals surface area contributed by atoms with Gasteiger partial charge in [-0.1, -0.05) is 0 Å². The van der Waals surface area contributed by atoms with Gasteiger partial charge in [-0.05, 0) is 60.3 Å². The van der Waals surface area contributed by atoms with Gasteiger partial charge >= 0.3 is 0 Å². The van der Waals surface area contributed by atoms with Crippen molar-refractivity contribution in [3.63, 3.8) is 0 Å². The van der Waals surface area contributed by atoms with Crippen molar-refractivity contribution in [2.45, 2.75) is 59.9 Å². The van der Waals surface area contributed by atoms with Gasteiger partial charge in [-0.25, -0.2) is 0 Å². The van der Waals surface area contributed by atoms with E-state index in [0.717, 1.165) is 11.3 Å².